The van der Waals surface area contributed by atoms with Gasteiger partial charge in [0.25, 0.3) is 17.1 Å². The Hall–Kier alpha value is -4.04. The fraction of sp³-hybridized carbons (Fsp3) is 0.179. The van der Waals surface area contributed by atoms with Gasteiger partial charge in [-0.25, -0.2) is 4.90 Å². The Bertz CT molecular complexity index is 1320. The van der Waals surface area contributed by atoms with Gasteiger partial charge in [-0.1, -0.05) is 56.3 Å². The summed E-state index contributed by atoms with van der Waals surface area (Å²) in [6.07, 6.45) is 1.63. The van der Waals surface area contributed by atoms with Gasteiger partial charge in [0.15, 0.2) is 18.1 Å². The predicted octanol–water partition coefficient (Wildman–Crippen LogP) is 6.08. The van der Waals surface area contributed by atoms with Crippen LogP contribution >= 0.6 is 11.8 Å². The first-order valence-corrected chi connectivity index (χ1v) is 12.2. The van der Waals surface area contributed by atoms with Gasteiger partial charge in [0.2, 0.25) is 0 Å². The number of nitrogens with one attached hydrogen (secondary N) is 1. The van der Waals surface area contributed by atoms with Gasteiger partial charge in [-0.15, -0.1) is 0 Å². The number of carbonyl (C=O) groups is 3. The minimum atomic E-state index is -0.381. The van der Waals surface area contributed by atoms with Crippen LogP contribution in [0.1, 0.15) is 30.9 Å². The van der Waals surface area contributed by atoms with Gasteiger partial charge in [0.1, 0.15) is 0 Å². The molecule has 1 aliphatic heterocycles. The molecule has 3 aromatic carbocycles. The highest BCUT2D eigenvalue weighted by molar-refractivity contribution is 8.19. The Labute approximate surface area is 214 Å². The summed E-state index contributed by atoms with van der Waals surface area (Å²) in [7, 11) is 1.49. The third-order valence-electron chi connectivity index (χ3n) is 5.51. The summed E-state index contributed by atoms with van der Waals surface area (Å²) in [6.45, 7) is 3.93. The molecule has 0 unspecified atom stereocenters. The lowest BCUT2D eigenvalue weighted by Crippen LogP contribution is -2.27. The third-order valence-corrected chi connectivity index (χ3v) is 6.38. The van der Waals surface area contributed by atoms with E-state index in [0.717, 1.165) is 27.9 Å². The maximum Gasteiger partial charge on any atom is 0.298 e. The number of para-hydroxylation sites is 2. The molecule has 1 saturated heterocycles. The van der Waals surface area contributed by atoms with E-state index in [4.69, 9.17) is 9.47 Å². The number of carbonyl (C=O) groups excluding carboxylic acids is 3. The van der Waals surface area contributed by atoms with E-state index in [1.165, 1.54) is 7.11 Å². The largest absolute Gasteiger partial charge is 0.493 e. The molecule has 1 fully saturated rings. The van der Waals surface area contributed by atoms with E-state index in [9.17, 15) is 14.4 Å². The molecule has 0 aromatic heterocycles. The normalized spacial score (nSPS) is 14.4. The van der Waals surface area contributed by atoms with Crippen molar-refractivity contribution in [1.82, 2.24) is 0 Å². The summed E-state index contributed by atoms with van der Waals surface area (Å²) in [6, 6.07) is 21.6. The van der Waals surface area contributed by atoms with Crippen LogP contribution in [0.5, 0.6) is 11.5 Å². The van der Waals surface area contributed by atoms with Gasteiger partial charge >= 0.3 is 0 Å². The highest BCUT2D eigenvalue weighted by atomic mass is 32.2. The first-order chi connectivity index (χ1) is 17.4. The smallest absolute Gasteiger partial charge is 0.298 e. The van der Waals surface area contributed by atoms with Gasteiger partial charge in [0, 0.05) is 5.69 Å². The van der Waals surface area contributed by atoms with E-state index in [2.05, 4.69) is 19.2 Å². The lowest BCUT2D eigenvalue weighted by atomic mass is 10.0. The number of benzene rings is 3. The lowest BCUT2D eigenvalue weighted by Gasteiger charge is -2.15. The second kappa shape index (κ2) is 11.1. The lowest BCUT2D eigenvalue weighted by molar-refractivity contribution is -0.118. The Balaban J connectivity index is 1.45. The van der Waals surface area contributed by atoms with Gasteiger partial charge in [0.05, 0.1) is 17.7 Å². The Morgan fingerprint density at radius 2 is 1.72 bits per heavy atom. The molecule has 184 valence electrons. The van der Waals surface area contributed by atoms with Crippen LogP contribution in [0.25, 0.3) is 6.08 Å². The molecule has 3 aromatic rings. The summed E-state index contributed by atoms with van der Waals surface area (Å²) in [5.41, 5.74) is 2.99. The fourth-order valence-electron chi connectivity index (χ4n) is 3.76. The highest BCUT2D eigenvalue weighted by Crippen LogP contribution is 2.37. The van der Waals surface area contributed by atoms with Crippen molar-refractivity contribution in [3.63, 3.8) is 0 Å². The van der Waals surface area contributed by atoms with E-state index < -0.39 is 0 Å². The first kappa shape index (κ1) is 25.1. The summed E-state index contributed by atoms with van der Waals surface area (Å²) < 4.78 is 11.1. The topological polar surface area (TPSA) is 84.9 Å². The maximum absolute atomic E-state index is 12.9. The minimum absolute atomic E-state index is 0.196. The second-order valence-electron chi connectivity index (χ2n) is 8.34. The quantitative estimate of drug-likeness (QED) is 0.376. The predicted molar refractivity (Wildman–Crippen MR) is 143 cm³/mol. The van der Waals surface area contributed by atoms with Crippen molar-refractivity contribution in [3.8, 4) is 11.5 Å². The molecule has 1 aliphatic rings. The first-order valence-electron chi connectivity index (χ1n) is 11.4. The molecular formula is C28H26N2O5S. The molecule has 36 heavy (non-hydrogen) atoms. The SMILES string of the molecule is COc1cc(/C=C2/SC(=O)N(c3ccccc3)C2=O)ccc1OCC(=O)Nc1ccccc1C(C)C. The van der Waals surface area contributed by atoms with Crippen LogP contribution in [0.3, 0.4) is 0 Å². The van der Waals surface area contributed by atoms with Gasteiger partial charge in [-0.05, 0) is 65.2 Å². The number of rotatable bonds is 8. The molecule has 0 saturated carbocycles. The molecule has 3 amide bonds. The zero-order valence-corrected chi connectivity index (χ0v) is 21.0. The highest BCUT2D eigenvalue weighted by Gasteiger charge is 2.36. The molecule has 0 radical (unpaired) electrons. The molecule has 8 heteroatoms. The molecule has 0 bridgehead atoms. The maximum atomic E-state index is 12.9. The Kier molecular flexibility index (Phi) is 7.75. The molecular weight excluding hydrogens is 476 g/mol. The van der Waals surface area contributed by atoms with Crippen molar-refractivity contribution in [2.24, 2.45) is 0 Å². The van der Waals surface area contributed by atoms with Crippen LogP contribution in [0.2, 0.25) is 0 Å². The van der Waals surface area contributed by atoms with Crippen molar-refractivity contribution in [1.29, 1.82) is 0 Å². The second-order valence-corrected chi connectivity index (χ2v) is 9.33. The standard InChI is InChI=1S/C28H26N2O5S/c1-18(2)21-11-7-8-12-22(21)29-26(31)17-35-23-14-13-19(15-24(23)34-3)16-25-27(32)30(28(33)36-25)20-9-5-4-6-10-20/h4-16,18H,17H2,1-3H3,(H,29,31)/b25-16+. The number of imide groups is 1. The summed E-state index contributed by atoms with van der Waals surface area (Å²) >= 11 is 0.881. The van der Waals surface area contributed by atoms with E-state index in [-0.39, 0.29) is 29.6 Å². The van der Waals surface area contributed by atoms with Crippen LogP contribution in [-0.2, 0) is 9.59 Å². The average Bonchev–Trinajstić information content (AvgIpc) is 3.16. The zero-order valence-electron chi connectivity index (χ0n) is 20.2. The van der Waals surface area contributed by atoms with Gasteiger partial charge in [-0.2, -0.15) is 0 Å². The number of anilines is 2. The third kappa shape index (κ3) is 5.60. The Morgan fingerprint density at radius 3 is 2.44 bits per heavy atom. The monoisotopic (exact) mass is 502 g/mol. The molecule has 0 atom stereocenters. The van der Waals surface area contributed by atoms with Crippen molar-refractivity contribution in [2.45, 2.75) is 19.8 Å². The van der Waals surface area contributed by atoms with Crippen molar-refractivity contribution >= 4 is 46.3 Å². The van der Waals surface area contributed by atoms with E-state index in [1.54, 1.807) is 48.5 Å². The van der Waals surface area contributed by atoms with Gasteiger partial charge < -0.3 is 14.8 Å². The van der Waals surface area contributed by atoms with Crippen LogP contribution in [0.15, 0.2) is 77.7 Å². The van der Waals surface area contributed by atoms with Crippen molar-refractivity contribution in [3.05, 3.63) is 88.8 Å². The molecule has 0 aliphatic carbocycles. The molecule has 1 N–H and O–H groups in total. The minimum Gasteiger partial charge on any atom is -0.493 e. The summed E-state index contributed by atoms with van der Waals surface area (Å²) in [4.78, 5) is 39.3. The average molecular weight is 503 g/mol. The van der Waals surface area contributed by atoms with E-state index >= 15 is 0 Å². The van der Waals surface area contributed by atoms with E-state index in [1.807, 2.05) is 30.3 Å². The van der Waals surface area contributed by atoms with Crippen molar-refractivity contribution in [2.75, 3.05) is 23.9 Å². The molecule has 4 rings (SSSR count). The number of thioether (sulfide) groups is 1. The number of methoxy groups -OCH3 is 1. The summed E-state index contributed by atoms with van der Waals surface area (Å²) in [5, 5.41) is 2.54. The number of hydrogen-bond donors (Lipinski definition) is 1. The van der Waals surface area contributed by atoms with Crippen LogP contribution < -0.4 is 19.7 Å². The number of ether oxygens (including phenoxy) is 2. The molecule has 7 nitrogen and oxygen atoms in total. The van der Waals surface area contributed by atoms with E-state index in [0.29, 0.717) is 27.7 Å². The zero-order chi connectivity index (χ0) is 25.7. The van der Waals surface area contributed by atoms with Crippen molar-refractivity contribution < 1.29 is 23.9 Å². The van der Waals surface area contributed by atoms with Crippen LogP contribution in [0.4, 0.5) is 16.2 Å². The summed E-state index contributed by atoms with van der Waals surface area (Å²) in [5.74, 6) is 0.391. The Morgan fingerprint density at radius 1 is 1.00 bits per heavy atom. The number of nitrogens with zero attached hydrogens (tertiary/aromatic N) is 1. The van der Waals surface area contributed by atoms with Crippen LogP contribution in [0, 0.1) is 0 Å². The number of amides is 3. The molecule has 1 heterocycles. The number of hydrogen-bond acceptors (Lipinski definition) is 6. The van der Waals surface area contributed by atoms with Crippen LogP contribution in [-0.4, -0.2) is 30.8 Å². The molecule has 0 spiro atoms. The fourth-order valence-corrected chi connectivity index (χ4v) is 4.60. The van der Waals surface area contributed by atoms with Gasteiger partial charge in [-0.3, -0.25) is 14.4 Å².